The second-order valence-corrected chi connectivity index (χ2v) is 3.48. The van der Waals surface area contributed by atoms with Crippen molar-refractivity contribution in [3.05, 3.63) is 29.8 Å². The summed E-state index contributed by atoms with van der Waals surface area (Å²) in [6, 6.07) is 7.59. The van der Waals surface area contributed by atoms with E-state index in [4.69, 9.17) is 4.74 Å². The zero-order valence-corrected chi connectivity index (χ0v) is 9.41. The van der Waals surface area contributed by atoms with Gasteiger partial charge in [-0.05, 0) is 32.9 Å². The molecule has 1 aromatic carbocycles. The van der Waals surface area contributed by atoms with Crippen LogP contribution in [0.2, 0.25) is 0 Å². The summed E-state index contributed by atoms with van der Waals surface area (Å²) in [6.07, 6.45) is 0. The Morgan fingerprint density at radius 3 is 2.53 bits per heavy atom. The molecule has 0 aliphatic rings. The van der Waals surface area contributed by atoms with E-state index in [2.05, 4.69) is 5.32 Å². The van der Waals surface area contributed by atoms with Crippen molar-refractivity contribution in [3.8, 4) is 0 Å². The third kappa shape index (κ3) is 3.62. The van der Waals surface area contributed by atoms with Crippen LogP contribution in [-0.4, -0.2) is 18.6 Å². The Labute approximate surface area is 90.4 Å². The van der Waals surface area contributed by atoms with E-state index >= 15 is 0 Å². The van der Waals surface area contributed by atoms with E-state index in [9.17, 15) is 4.79 Å². The number of carbonyl (C=O) groups excluding carboxylic acids is 1. The van der Waals surface area contributed by atoms with E-state index in [1.54, 1.807) is 13.8 Å². The summed E-state index contributed by atoms with van der Waals surface area (Å²) >= 11 is 0. The van der Waals surface area contributed by atoms with Crippen LogP contribution in [0.5, 0.6) is 0 Å². The normalized spacial score (nSPS) is 11.9. The third-order valence-corrected chi connectivity index (χ3v) is 2.07. The molecule has 0 amide bonds. The van der Waals surface area contributed by atoms with E-state index in [1.165, 1.54) is 5.56 Å². The summed E-state index contributed by atoms with van der Waals surface area (Å²) in [4.78, 5) is 11.3. The van der Waals surface area contributed by atoms with Gasteiger partial charge in [0.25, 0.3) is 0 Å². The lowest BCUT2D eigenvalue weighted by molar-refractivity contribution is -0.143. The van der Waals surface area contributed by atoms with Gasteiger partial charge in [-0.2, -0.15) is 0 Å². The molecule has 0 saturated heterocycles. The van der Waals surface area contributed by atoms with Crippen molar-refractivity contribution in [3.63, 3.8) is 0 Å². The highest BCUT2D eigenvalue weighted by atomic mass is 16.5. The molecule has 0 aliphatic carbocycles. The number of carbonyl (C=O) groups is 1. The molecule has 82 valence electrons. The Balaban J connectivity index is 2.54. The van der Waals surface area contributed by atoms with Crippen molar-refractivity contribution in [1.29, 1.82) is 0 Å². The van der Waals surface area contributed by atoms with Crippen molar-refractivity contribution in [2.75, 3.05) is 11.9 Å². The van der Waals surface area contributed by atoms with Gasteiger partial charge in [0.15, 0.2) is 0 Å². The average molecular weight is 207 g/mol. The maximum Gasteiger partial charge on any atom is 0.328 e. The highest BCUT2D eigenvalue weighted by Crippen LogP contribution is 2.10. The van der Waals surface area contributed by atoms with Gasteiger partial charge in [0.05, 0.1) is 6.61 Å². The first-order valence-electron chi connectivity index (χ1n) is 5.13. The number of aryl methyl sites for hydroxylation is 1. The molecule has 0 bridgehead atoms. The highest BCUT2D eigenvalue weighted by molar-refractivity contribution is 5.78. The first kappa shape index (κ1) is 11.6. The zero-order chi connectivity index (χ0) is 11.3. The molecule has 1 rings (SSSR count). The first-order valence-corrected chi connectivity index (χ1v) is 5.13. The molecular formula is C12H17NO2. The summed E-state index contributed by atoms with van der Waals surface area (Å²) in [6.45, 7) is 6.03. The molecule has 1 atom stereocenters. The van der Waals surface area contributed by atoms with Crippen molar-refractivity contribution >= 4 is 11.7 Å². The molecule has 3 nitrogen and oxygen atoms in total. The summed E-state index contributed by atoms with van der Waals surface area (Å²) in [5.41, 5.74) is 2.13. The fourth-order valence-electron chi connectivity index (χ4n) is 1.23. The predicted octanol–water partition coefficient (Wildman–Crippen LogP) is 2.36. The van der Waals surface area contributed by atoms with E-state index in [1.807, 2.05) is 31.2 Å². The van der Waals surface area contributed by atoms with Gasteiger partial charge in [-0.25, -0.2) is 4.79 Å². The first-order chi connectivity index (χ1) is 7.13. The number of ether oxygens (including phenoxy) is 1. The predicted molar refractivity (Wildman–Crippen MR) is 60.9 cm³/mol. The summed E-state index contributed by atoms with van der Waals surface area (Å²) in [5.74, 6) is -0.224. The second kappa shape index (κ2) is 5.39. The number of hydrogen-bond acceptors (Lipinski definition) is 3. The Bertz CT molecular complexity index is 319. The molecule has 0 aromatic heterocycles. The minimum atomic E-state index is -0.312. The standard InChI is InChI=1S/C12H17NO2/c1-4-15-12(14)10(3)13-11-7-5-9(2)6-8-11/h5-8,10,13H,4H2,1-3H3/t10-/m0/s1. The molecule has 1 aromatic rings. The van der Waals surface area contributed by atoms with Crippen molar-refractivity contribution in [1.82, 2.24) is 0 Å². The van der Waals surface area contributed by atoms with Crippen molar-refractivity contribution in [2.24, 2.45) is 0 Å². The molecule has 0 aliphatic heterocycles. The largest absolute Gasteiger partial charge is 0.464 e. The van der Waals surface area contributed by atoms with Gasteiger partial charge in [-0.1, -0.05) is 17.7 Å². The third-order valence-electron chi connectivity index (χ3n) is 2.07. The monoisotopic (exact) mass is 207 g/mol. The fourth-order valence-corrected chi connectivity index (χ4v) is 1.23. The average Bonchev–Trinajstić information content (AvgIpc) is 2.22. The smallest absolute Gasteiger partial charge is 0.328 e. The number of esters is 1. The second-order valence-electron chi connectivity index (χ2n) is 3.48. The van der Waals surface area contributed by atoms with E-state index in [-0.39, 0.29) is 12.0 Å². The van der Waals surface area contributed by atoms with Gasteiger partial charge in [0.1, 0.15) is 6.04 Å². The number of anilines is 1. The van der Waals surface area contributed by atoms with Crippen LogP contribution < -0.4 is 5.32 Å². The Morgan fingerprint density at radius 1 is 1.40 bits per heavy atom. The summed E-state index contributed by atoms with van der Waals surface area (Å²) < 4.78 is 4.90. The molecule has 0 saturated carbocycles. The molecule has 3 heteroatoms. The summed E-state index contributed by atoms with van der Waals surface area (Å²) in [5, 5.41) is 3.08. The molecule has 0 heterocycles. The maximum absolute atomic E-state index is 11.3. The minimum Gasteiger partial charge on any atom is -0.464 e. The molecule has 0 fully saturated rings. The van der Waals surface area contributed by atoms with Gasteiger partial charge in [0.2, 0.25) is 0 Å². The highest BCUT2D eigenvalue weighted by Gasteiger charge is 2.12. The molecule has 0 radical (unpaired) electrons. The Kier molecular flexibility index (Phi) is 4.16. The van der Waals surface area contributed by atoms with Crippen LogP contribution in [0.3, 0.4) is 0 Å². The lowest BCUT2D eigenvalue weighted by Gasteiger charge is -2.13. The maximum atomic E-state index is 11.3. The van der Waals surface area contributed by atoms with Gasteiger partial charge in [0, 0.05) is 5.69 Å². The van der Waals surface area contributed by atoms with Gasteiger partial charge in [-0.15, -0.1) is 0 Å². The van der Waals surface area contributed by atoms with Crippen LogP contribution in [-0.2, 0) is 9.53 Å². The van der Waals surface area contributed by atoms with Gasteiger partial charge < -0.3 is 10.1 Å². The number of nitrogens with one attached hydrogen (secondary N) is 1. The number of benzene rings is 1. The molecular weight excluding hydrogens is 190 g/mol. The van der Waals surface area contributed by atoms with Crippen LogP contribution in [0.25, 0.3) is 0 Å². The lowest BCUT2D eigenvalue weighted by atomic mass is 10.2. The van der Waals surface area contributed by atoms with Gasteiger partial charge >= 0.3 is 5.97 Å². The lowest BCUT2D eigenvalue weighted by Crippen LogP contribution is -2.28. The SMILES string of the molecule is CCOC(=O)[C@H](C)Nc1ccc(C)cc1. The van der Waals surface area contributed by atoms with E-state index < -0.39 is 0 Å². The van der Waals surface area contributed by atoms with Crippen LogP contribution in [0.1, 0.15) is 19.4 Å². The summed E-state index contributed by atoms with van der Waals surface area (Å²) in [7, 11) is 0. The Hall–Kier alpha value is -1.51. The van der Waals surface area contributed by atoms with Crippen LogP contribution >= 0.6 is 0 Å². The van der Waals surface area contributed by atoms with Crippen LogP contribution in [0.4, 0.5) is 5.69 Å². The van der Waals surface area contributed by atoms with Crippen LogP contribution in [0, 0.1) is 6.92 Å². The van der Waals surface area contributed by atoms with E-state index in [0.29, 0.717) is 6.61 Å². The van der Waals surface area contributed by atoms with Gasteiger partial charge in [-0.3, -0.25) is 0 Å². The fraction of sp³-hybridized carbons (Fsp3) is 0.417. The number of hydrogen-bond donors (Lipinski definition) is 1. The molecule has 0 spiro atoms. The molecule has 1 N–H and O–H groups in total. The van der Waals surface area contributed by atoms with Crippen LogP contribution in [0.15, 0.2) is 24.3 Å². The molecule has 15 heavy (non-hydrogen) atoms. The molecule has 0 unspecified atom stereocenters. The minimum absolute atomic E-state index is 0.224. The Morgan fingerprint density at radius 2 is 2.00 bits per heavy atom. The zero-order valence-electron chi connectivity index (χ0n) is 9.41. The number of rotatable bonds is 4. The quantitative estimate of drug-likeness (QED) is 0.770. The van der Waals surface area contributed by atoms with Crippen molar-refractivity contribution in [2.45, 2.75) is 26.8 Å². The van der Waals surface area contributed by atoms with E-state index in [0.717, 1.165) is 5.69 Å². The topological polar surface area (TPSA) is 38.3 Å². The van der Waals surface area contributed by atoms with Crippen molar-refractivity contribution < 1.29 is 9.53 Å².